The number of aryl methyl sites for hydroxylation is 3. The lowest BCUT2D eigenvalue weighted by Gasteiger charge is -2.00. The monoisotopic (exact) mass is 203 g/mol. The molecule has 0 N–H and O–H groups in total. The van der Waals surface area contributed by atoms with Gasteiger partial charge in [-0.1, -0.05) is 6.07 Å². The third kappa shape index (κ3) is 2.15. The van der Waals surface area contributed by atoms with Crippen molar-refractivity contribution in [2.45, 2.75) is 13.0 Å². The maximum atomic E-state index is 11.5. The Bertz CT molecular complexity index is 484. The predicted octanol–water partition coefficient (Wildman–Crippen LogP) is 0.824. The number of hydrogen-bond donors (Lipinski definition) is 0. The number of rotatable bonds is 3. The summed E-state index contributed by atoms with van der Waals surface area (Å²) in [4.78, 5) is 15.7. The number of pyridine rings is 1. The highest BCUT2D eigenvalue weighted by Gasteiger charge is 2.00. The van der Waals surface area contributed by atoms with E-state index in [1.807, 2.05) is 18.2 Å². The average molecular weight is 203 g/mol. The van der Waals surface area contributed by atoms with E-state index in [2.05, 4.69) is 4.98 Å². The minimum atomic E-state index is 0.0194. The van der Waals surface area contributed by atoms with E-state index in [0.29, 0.717) is 6.54 Å². The van der Waals surface area contributed by atoms with E-state index in [1.165, 1.54) is 0 Å². The van der Waals surface area contributed by atoms with Crippen molar-refractivity contribution in [2.75, 3.05) is 0 Å². The molecule has 4 heteroatoms. The summed E-state index contributed by atoms with van der Waals surface area (Å²) in [6.45, 7) is 0.677. The molecule has 0 atom stereocenters. The van der Waals surface area contributed by atoms with E-state index in [0.717, 1.165) is 12.1 Å². The van der Waals surface area contributed by atoms with E-state index in [9.17, 15) is 4.79 Å². The molecule has 0 radical (unpaired) electrons. The molecule has 0 aliphatic carbocycles. The Balaban J connectivity index is 2.06. The summed E-state index contributed by atoms with van der Waals surface area (Å²) in [6.07, 6.45) is 6.11. The van der Waals surface area contributed by atoms with E-state index < -0.39 is 0 Å². The van der Waals surface area contributed by atoms with Crippen LogP contribution in [-0.4, -0.2) is 14.1 Å². The van der Waals surface area contributed by atoms with Gasteiger partial charge in [-0.3, -0.25) is 9.55 Å². The Labute approximate surface area is 87.8 Å². The first kappa shape index (κ1) is 9.71. The minimum absolute atomic E-state index is 0.0194. The molecular formula is C11H13N3O. The first-order valence-electron chi connectivity index (χ1n) is 4.89. The summed E-state index contributed by atoms with van der Waals surface area (Å²) in [7, 11) is 1.75. The van der Waals surface area contributed by atoms with Gasteiger partial charge in [0, 0.05) is 44.3 Å². The molecule has 0 amide bonds. The third-order valence-electron chi connectivity index (χ3n) is 2.35. The second-order valence-electron chi connectivity index (χ2n) is 3.46. The van der Waals surface area contributed by atoms with Gasteiger partial charge in [0.15, 0.2) is 0 Å². The lowest BCUT2D eigenvalue weighted by Crippen LogP contribution is -2.22. The van der Waals surface area contributed by atoms with E-state index in [-0.39, 0.29) is 5.69 Å². The molecule has 0 saturated carbocycles. The van der Waals surface area contributed by atoms with Crippen LogP contribution in [0.25, 0.3) is 0 Å². The number of imidazole rings is 1. The molecule has 0 aromatic carbocycles. The van der Waals surface area contributed by atoms with Gasteiger partial charge < -0.3 is 4.57 Å². The third-order valence-corrected chi connectivity index (χ3v) is 2.35. The molecule has 2 heterocycles. The topological polar surface area (TPSA) is 39.8 Å². The number of aromatic nitrogens is 3. The average Bonchev–Trinajstić information content (AvgIpc) is 2.59. The fraction of sp³-hybridized carbons (Fsp3) is 0.273. The standard InChI is InChI=1S/C11H13N3O/c1-13-8-9-14(11(13)15)7-5-10-4-2-3-6-12-10/h2-4,6,8-9H,5,7H2,1H3. The Hall–Kier alpha value is -1.84. The van der Waals surface area contributed by atoms with Gasteiger partial charge in [0.05, 0.1) is 0 Å². The van der Waals surface area contributed by atoms with Crippen molar-refractivity contribution < 1.29 is 0 Å². The predicted molar refractivity (Wildman–Crippen MR) is 57.6 cm³/mol. The molecule has 0 aliphatic rings. The molecule has 2 aromatic heterocycles. The fourth-order valence-electron chi connectivity index (χ4n) is 1.46. The lowest BCUT2D eigenvalue weighted by atomic mass is 10.3. The van der Waals surface area contributed by atoms with Crippen LogP contribution in [0.15, 0.2) is 41.6 Å². The smallest absolute Gasteiger partial charge is 0.302 e. The van der Waals surface area contributed by atoms with Crippen molar-refractivity contribution in [1.82, 2.24) is 14.1 Å². The van der Waals surface area contributed by atoms with Crippen molar-refractivity contribution in [3.63, 3.8) is 0 Å². The van der Waals surface area contributed by atoms with Crippen LogP contribution in [0.3, 0.4) is 0 Å². The van der Waals surface area contributed by atoms with Crippen molar-refractivity contribution in [3.8, 4) is 0 Å². The van der Waals surface area contributed by atoms with Gasteiger partial charge in [-0.2, -0.15) is 0 Å². The normalized spacial score (nSPS) is 10.5. The second-order valence-corrected chi connectivity index (χ2v) is 3.46. The first-order chi connectivity index (χ1) is 7.27. The molecular weight excluding hydrogens is 190 g/mol. The highest BCUT2D eigenvalue weighted by molar-refractivity contribution is 5.03. The number of nitrogens with zero attached hydrogens (tertiary/aromatic N) is 3. The van der Waals surface area contributed by atoms with Crippen LogP contribution in [0.4, 0.5) is 0 Å². The number of hydrogen-bond acceptors (Lipinski definition) is 2. The van der Waals surface area contributed by atoms with Crippen LogP contribution in [0.1, 0.15) is 5.69 Å². The molecule has 2 aromatic rings. The molecule has 78 valence electrons. The largest absolute Gasteiger partial charge is 0.327 e. The van der Waals surface area contributed by atoms with Gasteiger partial charge in [0.2, 0.25) is 0 Å². The fourth-order valence-corrected chi connectivity index (χ4v) is 1.46. The molecule has 2 rings (SSSR count). The SMILES string of the molecule is Cn1ccn(CCc2ccccn2)c1=O. The molecule has 0 unspecified atom stereocenters. The molecule has 15 heavy (non-hydrogen) atoms. The van der Waals surface area contributed by atoms with Crippen LogP contribution in [-0.2, 0) is 20.0 Å². The summed E-state index contributed by atoms with van der Waals surface area (Å²) in [6, 6.07) is 5.81. The van der Waals surface area contributed by atoms with E-state index >= 15 is 0 Å². The maximum Gasteiger partial charge on any atom is 0.327 e. The van der Waals surface area contributed by atoms with Crippen LogP contribution in [0, 0.1) is 0 Å². The van der Waals surface area contributed by atoms with Crippen LogP contribution in [0.5, 0.6) is 0 Å². The highest BCUT2D eigenvalue weighted by atomic mass is 16.1. The van der Waals surface area contributed by atoms with E-state index in [1.54, 1.807) is 34.8 Å². The Morgan fingerprint density at radius 3 is 2.80 bits per heavy atom. The minimum Gasteiger partial charge on any atom is -0.302 e. The van der Waals surface area contributed by atoms with Crippen molar-refractivity contribution in [2.24, 2.45) is 7.05 Å². The van der Waals surface area contributed by atoms with Gasteiger partial charge >= 0.3 is 5.69 Å². The van der Waals surface area contributed by atoms with Crippen molar-refractivity contribution in [1.29, 1.82) is 0 Å². The van der Waals surface area contributed by atoms with Crippen molar-refractivity contribution >= 4 is 0 Å². The summed E-state index contributed by atoms with van der Waals surface area (Å²) < 4.78 is 3.26. The van der Waals surface area contributed by atoms with E-state index in [4.69, 9.17) is 0 Å². The summed E-state index contributed by atoms with van der Waals surface area (Å²) >= 11 is 0. The van der Waals surface area contributed by atoms with Crippen LogP contribution < -0.4 is 5.69 Å². The Morgan fingerprint density at radius 1 is 1.33 bits per heavy atom. The molecule has 0 saturated heterocycles. The summed E-state index contributed by atoms with van der Waals surface area (Å²) in [5.74, 6) is 0. The second kappa shape index (κ2) is 4.13. The van der Waals surface area contributed by atoms with Gasteiger partial charge in [0.1, 0.15) is 0 Å². The van der Waals surface area contributed by atoms with Crippen molar-refractivity contribution in [3.05, 3.63) is 53.0 Å². The van der Waals surface area contributed by atoms with Crippen LogP contribution in [0.2, 0.25) is 0 Å². The molecule has 0 aliphatic heterocycles. The molecule has 4 nitrogen and oxygen atoms in total. The first-order valence-corrected chi connectivity index (χ1v) is 4.89. The lowest BCUT2D eigenvalue weighted by molar-refractivity contribution is 0.642. The summed E-state index contributed by atoms with van der Waals surface area (Å²) in [5.41, 5.74) is 1.03. The highest BCUT2D eigenvalue weighted by Crippen LogP contribution is 1.96. The zero-order valence-corrected chi connectivity index (χ0v) is 8.63. The van der Waals surface area contributed by atoms with Gasteiger partial charge in [0.25, 0.3) is 0 Å². The molecule has 0 spiro atoms. The molecule has 0 fully saturated rings. The van der Waals surface area contributed by atoms with Gasteiger partial charge in [-0.05, 0) is 12.1 Å². The van der Waals surface area contributed by atoms with Gasteiger partial charge in [-0.25, -0.2) is 4.79 Å². The zero-order chi connectivity index (χ0) is 10.7. The summed E-state index contributed by atoms with van der Waals surface area (Å²) in [5, 5.41) is 0. The molecule has 0 bridgehead atoms. The quantitative estimate of drug-likeness (QED) is 0.741. The Kier molecular flexibility index (Phi) is 2.67. The zero-order valence-electron chi connectivity index (χ0n) is 8.63. The van der Waals surface area contributed by atoms with Gasteiger partial charge in [-0.15, -0.1) is 0 Å². The van der Waals surface area contributed by atoms with Crippen LogP contribution >= 0.6 is 0 Å². The maximum absolute atomic E-state index is 11.5. The Morgan fingerprint density at radius 2 is 2.20 bits per heavy atom.